The fourth-order valence-electron chi connectivity index (χ4n) is 1.24. The molecular formula is C11H14IN3O3S. The van der Waals surface area contributed by atoms with Gasteiger partial charge in [-0.05, 0) is 22.6 Å². The summed E-state index contributed by atoms with van der Waals surface area (Å²) in [5, 5.41) is 3.21. The normalized spacial score (nSPS) is 10.3. The second-order valence-electron chi connectivity index (χ2n) is 3.39. The van der Waals surface area contributed by atoms with Crippen LogP contribution in [0.2, 0.25) is 0 Å². The number of halogens is 1. The Hall–Kier alpha value is -0.890. The maximum Gasteiger partial charge on any atom is 0.324 e. The molecule has 8 heteroatoms. The van der Waals surface area contributed by atoms with E-state index in [9.17, 15) is 4.79 Å². The number of carbonyl (C=O) groups is 1. The number of nitrogens with one attached hydrogen (secondary N) is 1. The molecule has 1 N–H and O–H groups in total. The van der Waals surface area contributed by atoms with E-state index in [0.29, 0.717) is 5.13 Å². The third-order valence-electron chi connectivity index (χ3n) is 2.16. The maximum absolute atomic E-state index is 12.1. The fourth-order valence-corrected chi connectivity index (χ4v) is 2.54. The molecule has 0 saturated heterocycles. The lowest BCUT2D eigenvalue weighted by molar-refractivity contribution is -0.109. The van der Waals surface area contributed by atoms with Crippen molar-refractivity contribution >= 4 is 45.1 Å². The van der Waals surface area contributed by atoms with Crippen LogP contribution in [0.15, 0.2) is 6.20 Å². The number of aromatic nitrogens is 1. The summed E-state index contributed by atoms with van der Waals surface area (Å²) in [5.74, 6) is 2.43. The molecule has 0 aliphatic rings. The molecule has 0 unspecified atom stereocenters. The number of anilines is 1. The van der Waals surface area contributed by atoms with Crippen LogP contribution in [-0.2, 0) is 9.47 Å². The molecule has 6 nitrogen and oxygen atoms in total. The Morgan fingerprint density at radius 2 is 2.37 bits per heavy atom. The lowest BCUT2D eigenvalue weighted by atomic mass is 10.5. The number of hydrogen-bond donors (Lipinski definition) is 1. The van der Waals surface area contributed by atoms with Crippen molar-refractivity contribution in [2.45, 2.75) is 6.29 Å². The molecule has 1 heterocycles. The van der Waals surface area contributed by atoms with Crippen molar-refractivity contribution in [2.24, 2.45) is 0 Å². The Morgan fingerprint density at radius 3 is 2.84 bits per heavy atom. The van der Waals surface area contributed by atoms with Gasteiger partial charge in [-0.2, -0.15) is 0 Å². The van der Waals surface area contributed by atoms with E-state index in [1.165, 1.54) is 30.5 Å². The minimum Gasteiger partial charge on any atom is -0.354 e. The van der Waals surface area contributed by atoms with Crippen molar-refractivity contribution in [1.29, 1.82) is 0 Å². The molecule has 0 spiro atoms. The molecule has 0 saturated carbocycles. The standard InChI is InChI=1S/C11H14IN3O3S/c1-4-5-15(7-9(17-2)18-3)11(16)14-10-13-6-8(12)19-10/h1,6,9H,5,7H2,2-3H3,(H,13,14,16). The summed E-state index contributed by atoms with van der Waals surface area (Å²) >= 11 is 3.52. The maximum atomic E-state index is 12.1. The second kappa shape index (κ2) is 8.31. The minimum atomic E-state index is -0.518. The van der Waals surface area contributed by atoms with Gasteiger partial charge >= 0.3 is 6.03 Å². The zero-order valence-electron chi connectivity index (χ0n) is 10.6. The number of thiazole rings is 1. The summed E-state index contributed by atoms with van der Waals surface area (Å²) in [6, 6.07) is -0.331. The number of nitrogens with zero attached hydrogens (tertiary/aromatic N) is 2. The van der Waals surface area contributed by atoms with Crippen molar-refractivity contribution in [2.75, 3.05) is 32.6 Å². The van der Waals surface area contributed by atoms with E-state index >= 15 is 0 Å². The predicted octanol–water partition coefficient (Wildman–Crippen LogP) is 1.83. The van der Waals surface area contributed by atoms with Crippen molar-refractivity contribution in [1.82, 2.24) is 9.88 Å². The molecule has 0 bridgehead atoms. The molecule has 0 radical (unpaired) electrons. The van der Waals surface area contributed by atoms with Crippen LogP contribution in [0.1, 0.15) is 0 Å². The summed E-state index contributed by atoms with van der Waals surface area (Å²) < 4.78 is 11.1. The Bertz CT molecular complexity index is 456. The van der Waals surface area contributed by atoms with Crippen LogP contribution in [-0.4, -0.2) is 49.5 Å². The third kappa shape index (κ3) is 5.32. The fraction of sp³-hybridized carbons (Fsp3) is 0.455. The van der Waals surface area contributed by atoms with Crippen LogP contribution < -0.4 is 5.32 Å². The van der Waals surface area contributed by atoms with Crippen LogP contribution in [0.25, 0.3) is 0 Å². The lowest BCUT2D eigenvalue weighted by Crippen LogP contribution is -2.41. The number of methoxy groups -OCH3 is 2. The number of urea groups is 1. The molecular weight excluding hydrogens is 381 g/mol. The quantitative estimate of drug-likeness (QED) is 0.454. The van der Waals surface area contributed by atoms with Gasteiger partial charge in [-0.1, -0.05) is 17.3 Å². The molecule has 19 heavy (non-hydrogen) atoms. The molecule has 0 aliphatic carbocycles. The number of ether oxygens (including phenoxy) is 2. The lowest BCUT2D eigenvalue weighted by Gasteiger charge is -2.24. The first-order valence-corrected chi connectivity index (χ1v) is 7.16. The average molecular weight is 395 g/mol. The molecule has 2 amide bonds. The van der Waals surface area contributed by atoms with E-state index in [1.54, 1.807) is 6.20 Å². The highest BCUT2D eigenvalue weighted by atomic mass is 127. The van der Waals surface area contributed by atoms with Crippen LogP contribution in [0.3, 0.4) is 0 Å². The van der Waals surface area contributed by atoms with E-state index in [-0.39, 0.29) is 19.1 Å². The van der Waals surface area contributed by atoms with Gasteiger partial charge in [0, 0.05) is 14.2 Å². The SMILES string of the molecule is C#CCN(CC(OC)OC)C(=O)Nc1ncc(I)s1. The van der Waals surface area contributed by atoms with Crippen molar-refractivity contribution in [3.05, 3.63) is 9.08 Å². The monoisotopic (exact) mass is 395 g/mol. The average Bonchev–Trinajstić information content (AvgIpc) is 2.79. The molecule has 1 rings (SSSR count). The van der Waals surface area contributed by atoms with Crippen molar-refractivity contribution in [3.8, 4) is 12.3 Å². The third-order valence-corrected chi connectivity index (χ3v) is 3.80. The van der Waals surface area contributed by atoms with Gasteiger partial charge in [-0.3, -0.25) is 5.32 Å². The summed E-state index contributed by atoms with van der Waals surface area (Å²) in [6.45, 7) is 0.406. The predicted molar refractivity (Wildman–Crippen MR) is 82.1 cm³/mol. The largest absolute Gasteiger partial charge is 0.354 e. The summed E-state index contributed by atoms with van der Waals surface area (Å²) in [5.41, 5.74) is 0. The van der Waals surface area contributed by atoms with Crippen LogP contribution in [0.5, 0.6) is 0 Å². The van der Waals surface area contributed by atoms with Crippen molar-refractivity contribution < 1.29 is 14.3 Å². The molecule has 104 valence electrons. The van der Waals surface area contributed by atoms with E-state index in [1.807, 2.05) is 0 Å². The van der Waals surface area contributed by atoms with Gasteiger partial charge in [-0.25, -0.2) is 9.78 Å². The molecule has 0 aliphatic heterocycles. The van der Waals surface area contributed by atoms with Gasteiger partial charge in [0.1, 0.15) is 0 Å². The van der Waals surface area contributed by atoms with E-state index < -0.39 is 6.29 Å². The Balaban J connectivity index is 2.64. The van der Waals surface area contributed by atoms with Gasteiger partial charge in [0.2, 0.25) is 0 Å². The van der Waals surface area contributed by atoms with E-state index in [0.717, 1.165) is 2.88 Å². The molecule has 0 fully saturated rings. The molecule has 1 aromatic rings. The molecule has 0 aromatic carbocycles. The summed E-state index contributed by atoms with van der Waals surface area (Å²) in [7, 11) is 3.01. The van der Waals surface area contributed by atoms with Crippen LogP contribution in [0.4, 0.5) is 9.93 Å². The van der Waals surface area contributed by atoms with Crippen LogP contribution in [0, 0.1) is 15.2 Å². The number of amides is 2. The Kier molecular flexibility index (Phi) is 7.07. The first kappa shape index (κ1) is 16.2. The molecule has 0 atom stereocenters. The molecule has 1 aromatic heterocycles. The zero-order chi connectivity index (χ0) is 14.3. The van der Waals surface area contributed by atoms with Gasteiger partial charge in [0.25, 0.3) is 0 Å². The first-order chi connectivity index (χ1) is 9.10. The van der Waals surface area contributed by atoms with E-state index in [4.69, 9.17) is 15.9 Å². The highest BCUT2D eigenvalue weighted by molar-refractivity contribution is 14.1. The Labute approximate surface area is 129 Å². The van der Waals surface area contributed by atoms with Gasteiger partial charge < -0.3 is 14.4 Å². The Morgan fingerprint density at radius 1 is 1.68 bits per heavy atom. The zero-order valence-corrected chi connectivity index (χ0v) is 13.5. The van der Waals surface area contributed by atoms with Gasteiger partial charge in [0.05, 0.1) is 22.2 Å². The van der Waals surface area contributed by atoms with Gasteiger partial charge in [-0.15, -0.1) is 6.42 Å². The summed E-state index contributed by atoms with van der Waals surface area (Å²) in [6.07, 6.45) is 6.42. The highest BCUT2D eigenvalue weighted by Crippen LogP contribution is 2.19. The number of carbonyl (C=O) groups excluding carboxylic acids is 1. The minimum absolute atomic E-state index is 0.164. The summed E-state index contributed by atoms with van der Waals surface area (Å²) in [4.78, 5) is 17.5. The second-order valence-corrected chi connectivity index (χ2v) is 6.31. The number of hydrogen-bond acceptors (Lipinski definition) is 5. The van der Waals surface area contributed by atoms with E-state index in [2.05, 4.69) is 38.8 Å². The van der Waals surface area contributed by atoms with Gasteiger partial charge in [0.15, 0.2) is 11.4 Å². The number of terminal acetylenes is 1. The highest BCUT2D eigenvalue weighted by Gasteiger charge is 2.18. The first-order valence-electron chi connectivity index (χ1n) is 5.27. The van der Waals surface area contributed by atoms with Crippen LogP contribution >= 0.6 is 33.9 Å². The smallest absolute Gasteiger partial charge is 0.324 e. The topological polar surface area (TPSA) is 63.7 Å². The van der Waals surface area contributed by atoms with Crippen molar-refractivity contribution in [3.63, 3.8) is 0 Å². The number of rotatable bonds is 6.